The fraction of sp³-hybridized carbons (Fsp3) is 0.286. The van der Waals surface area contributed by atoms with Gasteiger partial charge in [-0.2, -0.15) is 0 Å². The van der Waals surface area contributed by atoms with Crippen LogP contribution in [0, 0.1) is 11.8 Å². The molecule has 0 amide bonds. The van der Waals surface area contributed by atoms with Crippen molar-refractivity contribution in [1.29, 1.82) is 0 Å². The molecule has 2 rings (SSSR count). The van der Waals surface area contributed by atoms with Gasteiger partial charge in [-0.05, 0) is 31.5 Å². The second kappa shape index (κ2) is 4.87. The maximum Gasteiger partial charge on any atom is 0.0837 e. The predicted octanol–water partition coefficient (Wildman–Crippen LogP) is 2.17. The molecule has 16 heavy (non-hydrogen) atoms. The Bertz CT molecular complexity index is 541. The molecule has 2 heteroatoms. The van der Waals surface area contributed by atoms with Crippen LogP contribution in [0.25, 0.3) is 10.9 Å². The van der Waals surface area contributed by atoms with Gasteiger partial charge in [-0.1, -0.05) is 24.1 Å². The van der Waals surface area contributed by atoms with Gasteiger partial charge >= 0.3 is 0 Å². The molecular weight excluding hydrogens is 196 g/mol. The van der Waals surface area contributed by atoms with Gasteiger partial charge in [0.15, 0.2) is 0 Å². The molecule has 0 atom stereocenters. The second-order valence-corrected chi connectivity index (χ2v) is 3.76. The lowest BCUT2D eigenvalue weighted by atomic mass is 10.1. The molecule has 82 valence electrons. The molecule has 0 radical (unpaired) electrons. The Morgan fingerprint density at radius 2 is 2.12 bits per heavy atom. The monoisotopic (exact) mass is 212 g/mol. The van der Waals surface area contributed by atoms with Crippen molar-refractivity contribution in [3.63, 3.8) is 0 Å². The lowest BCUT2D eigenvalue weighted by molar-refractivity contribution is 0.870. The molecule has 2 nitrogen and oxygen atoms in total. The molecule has 0 spiro atoms. The topological polar surface area (TPSA) is 30.9 Å². The van der Waals surface area contributed by atoms with E-state index in [0.717, 1.165) is 13.0 Å². The molecule has 0 saturated carbocycles. The zero-order valence-electron chi connectivity index (χ0n) is 9.53. The lowest BCUT2D eigenvalue weighted by Crippen LogP contribution is -2.02. The molecule has 0 unspecified atom stereocenters. The molecule has 0 bridgehead atoms. The summed E-state index contributed by atoms with van der Waals surface area (Å²) in [6.45, 7) is 3.31. The number of aromatic nitrogens is 1. The number of benzene rings is 1. The third kappa shape index (κ3) is 1.95. The molecule has 0 fully saturated rings. The number of nitrogens with zero attached hydrogens (tertiary/aromatic N) is 1. The van der Waals surface area contributed by atoms with Crippen LogP contribution in [0.1, 0.15) is 12.5 Å². The van der Waals surface area contributed by atoms with Gasteiger partial charge in [0.1, 0.15) is 0 Å². The summed E-state index contributed by atoms with van der Waals surface area (Å²) in [5, 5.41) is 1.30. The summed E-state index contributed by atoms with van der Waals surface area (Å²) in [7, 11) is 0. The number of rotatable bonds is 3. The fourth-order valence-corrected chi connectivity index (χ4v) is 1.97. The van der Waals surface area contributed by atoms with Crippen LogP contribution in [0.3, 0.4) is 0 Å². The summed E-state index contributed by atoms with van der Waals surface area (Å²) < 4.78 is 2.19. The van der Waals surface area contributed by atoms with Crippen molar-refractivity contribution in [3.8, 4) is 11.8 Å². The van der Waals surface area contributed by atoms with Crippen LogP contribution in [0.15, 0.2) is 30.5 Å². The van der Waals surface area contributed by atoms with Gasteiger partial charge in [-0.3, -0.25) is 0 Å². The van der Waals surface area contributed by atoms with Crippen LogP contribution in [0.2, 0.25) is 0 Å². The van der Waals surface area contributed by atoms with E-state index in [-0.39, 0.29) is 0 Å². The Kier molecular flexibility index (Phi) is 3.28. The number of hydrogen-bond donors (Lipinski definition) is 1. The summed E-state index contributed by atoms with van der Waals surface area (Å²) >= 11 is 0. The first-order valence-corrected chi connectivity index (χ1v) is 5.53. The summed E-state index contributed by atoms with van der Waals surface area (Å²) in [6.07, 6.45) is 3.09. The van der Waals surface area contributed by atoms with Gasteiger partial charge in [0, 0.05) is 17.1 Å². The Morgan fingerprint density at radius 1 is 1.31 bits per heavy atom. The quantitative estimate of drug-likeness (QED) is 0.777. The van der Waals surface area contributed by atoms with E-state index in [4.69, 9.17) is 5.73 Å². The first-order valence-electron chi connectivity index (χ1n) is 5.53. The normalized spacial score (nSPS) is 10.1. The van der Waals surface area contributed by atoms with E-state index in [2.05, 4.69) is 46.9 Å². The molecule has 1 aromatic carbocycles. The largest absolute Gasteiger partial charge is 0.336 e. The van der Waals surface area contributed by atoms with E-state index in [1.54, 1.807) is 0 Å². The Morgan fingerprint density at radius 3 is 2.88 bits per heavy atom. The molecule has 0 saturated heterocycles. The first kappa shape index (κ1) is 10.8. The zero-order valence-corrected chi connectivity index (χ0v) is 9.53. The lowest BCUT2D eigenvalue weighted by Gasteiger charge is -1.98. The van der Waals surface area contributed by atoms with Crippen molar-refractivity contribution in [2.24, 2.45) is 5.73 Å². The summed E-state index contributed by atoms with van der Waals surface area (Å²) in [6, 6.07) is 8.41. The van der Waals surface area contributed by atoms with Crippen LogP contribution in [-0.4, -0.2) is 11.1 Å². The third-order valence-corrected chi connectivity index (χ3v) is 2.71. The van der Waals surface area contributed by atoms with Crippen molar-refractivity contribution in [2.45, 2.75) is 19.9 Å². The number of para-hydroxylation sites is 1. The van der Waals surface area contributed by atoms with E-state index in [1.807, 2.05) is 6.92 Å². The molecule has 0 aliphatic rings. The van der Waals surface area contributed by atoms with Crippen LogP contribution in [0.5, 0.6) is 0 Å². The van der Waals surface area contributed by atoms with E-state index >= 15 is 0 Å². The van der Waals surface area contributed by atoms with Gasteiger partial charge in [-0.15, -0.1) is 5.92 Å². The minimum Gasteiger partial charge on any atom is -0.336 e. The maximum absolute atomic E-state index is 5.62. The van der Waals surface area contributed by atoms with Crippen LogP contribution >= 0.6 is 0 Å². The van der Waals surface area contributed by atoms with Gasteiger partial charge in [0.2, 0.25) is 0 Å². The van der Waals surface area contributed by atoms with E-state index in [9.17, 15) is 0 Å². The van der Waals surface area contributed by atoms with E-state index in [0.29, 0.717) is 6.54 Å². The number of fused-ring (bicyclic) bond motifs is 1. The van der Waals surface area contributed by atoms with Crippen molar-refractivity contribution >= 4 is 10.9 Å². The van der Waals surface area contributed by atoms with Gasteiger partial charge in [0.25, 0.3) is 0 Å². The average molecular weight is 212 g/mol. The van der Waals surface area contributed by atoms with Crippen molar-refractivity contribution in [2.75, 3.05) is 6.54 Å². The molecular formula is C14H16N2. The highest BCUT2D eigenvalue weighted by Gasteiger charge is 2.05. The van der Waals surface area contributed by atoms with E-state index in [1.165, 1.54) is 16.5 Å². The van der Waals surface area contributed by atoms with Crippen LogP contribution < -0.4 is 5.73 Å². The Hall–Kier alpha value is -1.72. The smallest absolute Gasteiger partial charge is 0.0837 e. The summed E-state index contributed by atoms with van der Waals surface area (Å²) in [5.74, 6) is 6.02. The highest BCUT2D eigenvalue weighted by Crippen LogP contribution is 2.21. The highest BCUT2D eigenvalue weighted by molar-refractivity contribution is 5.84. The Labute approximate surface area is 96.1 Å². The minimum atomic E-state index is 0.688. The fourth-order valence-electron chi connectivity index (χ4n) is 1.97. The van der Waals surface area contributed by atoms with Crippen molar-refractivity contribution in [3.05, 3.63) is 36.0 Å². The van der Waals surface area contributed by atoms with Crippen molar-refractivity contribution in [1.82, 2.24) is 4.57 Å². The minimum absolute atomic E-state index is 0.688. The van der Waals surface area contributed by atoms with Gasteiger partial charge < -0.3 is 10.3 Å². The Balaban J connectivity index is 2.51. The third-order valence-electron chi connectivity index (χ3n) is 2.71. The zero-order chi connectivity index (χ0) is 11.4. The highest BCUT2D eigenvalue weighted by atomic mass is 14.9. The average Bonchev–Trinajstić information content (AvgIpc) is 2.66. The van der Waals surface area contributed by atoms with Gasteiger partial charge in [-0.25, -0.2) is 0 Å². The SMILES string of the molecule is CC#CCn1cc(CCN)c2ccccc21. The van der Waals surface area contributed by atoms with Crippen LogP contribution in [-0.2, 0) is 13.0 Å². The molecule has 0 aliphatic heterocycles. The molecule has 1 heterocycles. The predicted molar refractivity (Wildman–Crippen MR) is 68.1 cm³/mol. The summed E-state index contributed by atoms with van der Waals surface area (Å²) in [4.78, 5) is 0. The second-order valence-electron chi connectivity index (χ2n) is 3.76. The standard InChI is InChI=1S/C14H16N2/c1-2-3-10-16-11-12(8-9-15)13-6-4-5-7-14(13)16/h4-7,11H,8-10,15H2,1H3. The molecule has 2 N–H and O–H groups in total. The molecule has 2 aromatic rings. The van der Waals surface area contributed by atoms with E-state index < -0.39 is 0 Å². The van der Waals surface area contributed by atoms with Crippen LogP contribution in [0.4, 0.5) is 0 Å². The number of hydrogen-bond acceptors (Lipinski definition) is 1. The molecule has 0 aliphatic carbocycles. The summed E-state index contributed by atoms with van der Waals surface area (Å²) in [5.41, 5.74) is 8.18. The molecule has 1 aromatic heterocycles. The number of nitrogens with two attached hydrogens (primary N) is 1. The first-order chi connectivity index (χ1) is 7.86. The maximum atomic E-state index is 5.62. The van der Waals surface area contributed by atoms with Crippen molar-refractivity contribution < 1.29 is 0 Å². The van der Waals surface area contributed by atoms with Gasteiger partial charge in [0.05, 0.1) is 6.54 Å².